The molecule has 2 aromatic heterocycles. The van der Waals surface area contributed by atoms with Gasteiger partial charge in [-0.1, -0.05) is 36.4 Å². The maximum Gasteiger partial charge on any atom is 0.405 e. The molecule has 4 aliphatic heterocycles. The average Bonchev–Trinajstić information content (AvgIpc) is 3.99. The summed E-state index contributed by atoms with van der Waals surface area (Å²) in [6.07, 6.45) is 3.65. The van der Waals surface area contributed by atoms with E-state index in [0.717, 1.165) is 92.4 Å². The van der Waals surface area contributed by atoms with Crippen molar-refractivity contribution in [3.63, 3.8) is 0 Å². The van der Waals surface area contributed by atoms with Crippen LogP contribution in [0.4, 0.5) is 9.59 Å². The number of carbonyl (C=O) groups is 4. The largest absolute Gasteiger partial charge is 0.465 e. The van der Waals surface area contributed by atoms with Crippen molar-refractivity contribution in [2.24, 2.45) is 23.7 Å². The molecule has 4 saturated heterocycles. The number of fused-ring (bicyclic) bond motifs is 5. The number of piperidine rings is 2. The highest BCUT2D eigenvalue weighted by Gasteiger charge is 2.58. The number of hydrogen-bond acceptors (Lipinski definition) is 8. The third-order valence-corrected chi connectivity index (χ3v) is 15.4. The molecule has 2 saturated carbocycles. The first-order chi connectivity index (χ1) is 32.1. The summed E-state index contributed by atoms with van der Waals surface area (Å²) in [5, 5.41) is 26.7. The Morgan fingerprint density at radius 2 is 0.955 bits per heavy atom. The lowest BCUT2D eigenvalue weighted by molar-refractivity contribution is -0.138. The number of nitrogens with one attached hydrogen (secondary N) is 4. The highest BCUT2D eigenvalue weighted by atomic mass is 16.5. The summed E-state index contributed by atoms with van der Waals surface area (Å²) in [4.78, 5) is 72.9. The molecule has 4 amide bonds. The molecule has 6 aliphatic rings. The zero-order valence-corrected chi connectivity index (χ0v) is 36.3. The predicted octanol–water partition coefficient (Wildman–Crippen LogP) is 7.38. The van der Waals surface area contributed by atoms with Crippen LogP contribution in [0.1, 0.15) is 75.1 Å². The molecule has 16 heteroatoms. The lowest BCUT2D eigenvalue weighted by Crippen LogP contribution is -2.53. The van der Waals surface area contributed by atoms with Crippen LogP contribution in [0, 0.1) is 23.7 Å². The summed E-state index contributed by atoms with van der Waals surface area (Å²) >= 11 is 0. The van der Waals surface area contributed by atoms with Crippen molar-refractivity contribution >= 4 is 56.8 Å². The molecule has 2 aliphatic carbocycles. The van der Waals surface area contributed by atoms with Gasteiger partial charge in [0.1, 0.15) is 23.7 Å². The topological polar surface area (TPSA) is 215 Å². The quantitative estimate of drug-likeness (QED) is 0.0803. The van der Waals surface area contributed by atoms with Gasteiger partial charge in [0.2, 0.25) is 11.8 Å². The molecule has 6 aromatic rings. The van der Waals surface area contributed by atoms with Crippen molar-refractivity contribution < 1.29 is 38.9 Å². The number of nitrogens with zero attached hydrogens (tertiary/aromatic N) is 4. The van der Waals surface area contributed by atoms with Crippen molar-refractivity contribution in [3.05, 3.63) is 84.4 Å². The predicted molar refractivity (Wildman–Crippen MR) is 243 cm³/mol. The van der Waals surface area contributed by atoms with E-state index < -0.39 is 24.3 Å². The smallest absolute Gasteiger partial charge is 0.405 e. The maximum absolute atomic E-state index is 14.2. The van der Waals surface area contributed by atoms with Crippen LogP contribution in [0.2, 0.25) is 0 Å². The maximum atomic E-state index is 14.2. The SMILES string of the molecule is O=C(O)NC(C(=O)N1[C@@H]2C[C@@H]2C[C@H]1c1nc2ccc(-c3ccc4cc(-c5ccc6nc([C@@H]7C[C@H]8C[C@H]8N7C(=O)C(NC(=O)O)C7CCOCC7)[nH]c6c5)ccc4c3)cc2[nH]1)C1CCOCC1. The summed E-state index contributed by atoms with van der Waals surface area (Å²) in [6, 6.07) is 23.4. The van der Waals surface area contributed by atoms with Gasteiger partial charge < -0.3 is 50.1 Å². The lowest BCUT2D eigenvalue weighted by Gasteiger charge is -2.35. The third kappa shape index (κ3) is 7.39. The summed E-state index contributed by atoms with van der Waals surface area (Å²) in [5.74, 6) is 1.71. The zero-order chi connectivity index (χ0) is 44.8. The van der Waals surface area contributed by atoms with E-state index in [1.54, 1.807) is 0 Å². The zero-order valence-electron chi connectivity index (χ0n) is 36.3. The molecule has 2 unspecified atom stereocenters. The molecule has 12 rings (SSSR count). The number of carbonyl (C=O) groups excluding carboxylic acids is 2. The second-order valence-corrected chi connectivity index (χ2v) is 19.4. The number of aromatic amines is 2. The van der Waals surface area contributed by atoms with Crippen LogP contribution in [0.3, 0.4) is 0 Å². The van der Waals surface area contributed by atoms with Gasteiger partial charge in [0, 0.05) is 38.5 Å². The van der Waals surface area contributed by atoms with Gasteiger partial charge in [0.25, 0.3) is 0 Å². The van der Waals surface area contributed by atoms with Crippen molar-refractivity contribution in [1.82, 2.24) is 40.4 Å². The second kappa shape index (κ2) is 16.1. The second-order valence-electron chi connectivity index (χ2n) is 19.4. The minimum atomic E-state index is -1.19. The number of hydrogen-bond donors (Lipinski definition) is 6. The van der Waals surface area contributed by atoms with Gasteiger partial charge in [0.05, 0.1) is 34.2 Å². The van der Waals surface area contributed by atoms with E-state index in [2.05, 4.69) is 81.3 Å². The first-order valence-electron chi connectivity index (χ1n) is 23.5. The van der Waals surface area contributed by atoms with Crippen LogP contribution < -0.4 is 10.6 Å². The molecule has 66 heavy (non-hydrogen) atoms. The monoisotopic (exact) mass is 892 g/mol. The Kier molecular flexibility index (Phi) is 10.0. The molecular weight excluding hydrogens is 841 g/mol. The fraction of sp³-hybridized carbons (Fsp3) is 0.440. The Morgan fingerprint density at radius 1 is 0.561 bits per heavy atom. The Bertz CT molecular complexity index is 2720. The number of carboxylic acid groups (broad SMARTS) is 2. The number of H-pyrrole nitrogens is 2. The van der Waals surface area contributed by atoms with Gasteiger partial charge in [-0.2, -0.15) is 0 Å². The molecule has 16 nitrogen and oxygen atoms in total. The van der Waals surface area contributed by atoms with Crippen LogP contribution in [0.15, 0.2) is 72.8 Å². The Hall–Kier alpha value is -6.52. The number of benzene rings is 4. The van der Waals surface area contributed by atoms with E-state index in [0.29, 0.717) is 63.9 Å². The van der Waals surface area contributed by atoms with E-state index in [4.69, 9.17) is 19.4 Å². The fourth-order valence-corrected chi connectivity index (χ4v) is 11.8. The summed E-state index contributed by atoms with van der Waals surface area (Å²) in [7, 11) is 0. The molecule has 4 aromatic carbocycles. The highest BCUT2D eigenvalue weighted by molar-refractivity contribution is 5.94. The molecule has 0 radical (unpaired) electrons. The van der Waals surface area contributed by atoms with Crippen molar-refractivity contribution in [2.75, 3.05) is 26.4 Å². The minimum absolute atomic E-state index is 0.105. The molecular formula is C50H52N8O8. The Morgan fingerprint density at radius 3 is 1.36 bits per heavy atom. The van der Waals surface area contributed by atoms with Crippen molar-refractivity contribution in [1.29, 1.82) is 0 Å². The van der Waals surface area contributed by atoms with Crippen LogP contribution in [-0.2, 0) is 19.1 Å². The normalized spacial score (nSPS) is 26.0. The number of likely N-dealkylation sites (tertiary alicyclic amines) is 2. The third-order valence-electron chi connectivity index (χ3n) is 15.4. The fourth-order valence-electron chi connectivity index (χ4n) is 11.8. The van der Waals surface area contributed by atoms with E-state index in [1.165, 1.54) is 0 Å². The lowest BCUT2D eigenvalue weighted by atomic mass is 9.90. The molecule has 0 spiro atoms. The van der Waals surface area contributed by atoms with E-state index in [9.17, 15) is 29.4 Å². The van der Waals surface area contributed by atoms with E-state index >= 15 is 0 Å². The van der Waals surface area contributed by atoms with Crippen molar-refractivity contribution in [3.8, 4) is 22.3 Å². The van der Waals surface area contributed by atoms with E-state index in [-0.39, 0.29) is 47.8 Å². The average molecular weight is 893 g/mol. The van der Waals surface area contributed by atoms with Crippen molar-refractivity contribution in [2.45, 2.75) is 87.6 Å². The highest BCUT2D eigenvalue weighted by Crippen LogP contribution is 2.55. The number of amides is 4. The Balaban J connectivity index is 0.767. The summed E-state index contributed by atoms with van der Waals surface area (Å²) in [5.41, 5.74) is 7.59. The summed E-state index contributed by atoms with van der Waals surface area (Å²) < 4.78 is 11.0. The van der Waals surface area contributed by atoms with Crippen LogP contribution >= 0.6 is 0 Å². The van der Waals surface area contributed by atoms with Gasteiger partial charge in [-0.15, -0.1) is 0 Å². The summed E-state index contributed by atoms with van der Waals surface area (Å²) in [6.45, 7) is 2.08. The number of aromatic nitrogens is 4. The minimum Gasteiger partial charge on any atom is -0.465 e. The van der Waals surface area contributed by atoms with Gasteiger partial charge in [-0.3, -0.25) is 9.59 Å². The number of ether oxygens (including phenoxy) is 2. The van der Waals surface area contributed by atoms with Crippen LogP contribution in [-0.4, -0.2) is 115 Å². The Labute approximate surface area is 379 Å². The standard InChI is InChI=1S/C50H52N8O8/c59-47(43(55-49(61)62)25-9-13-65-14-10-25)57-39-21-33(39)23-41(57)45-51-35-7-5-31(19-37(35)53-45)29-3-1-27-17-30(4-2-28(27)18-29)32-6-8-36-38(20-32)54-46(52-36)42-24-34-22-40(34)58(42)48(60)44(56-50(63)64)26-11-15-66-16-12-26/h1-8,17-20,25-26,33-34,39-44,55-56H,9-16,21-24H2,(H,51,53)(H,52,54)(H,61,62)(H,63,64)/t33-,34-,39-,40-,41+,42+,43?,44?/m1/s1. The molecule has 8 atom stereocenters. The van der Waals surface area contributed by atoms with Crippen LogP contribution in [0.5, 0.6) is 0 Å². The first-order valence-corrected chi connectivity index (χ1v) is 23.5. The van der Waals surface area contributed by atoms with Crippen LogP contribution in [0.25, 0.3) is 55.1 Å². The number of rotatable bonds is 10. The van der Waals surface area contributed by atoms with Gasteiger partial charge in [-0.05, 0) is 144 Å². The molecule has 6 fully saturated rings. The molecule has 340 valence electrons. The van der Waals surface area contributed by atoms with Gasteiger partial charge in [0.15, 0.2) is 0 Å². The number of imidazole rings is 2. The van der Waals surface area contributed by atoms with Gasteiger partial charge in [-0.25, -0.2) is 19.6 Å². The molecule has 6 N–H and O–H groups in total. The first kappa shape index (κ1) is 40.9. The van der Waals surface area contributed by atoms with E-state index in [1.807, 2.05) is 21.9 Å². The molecule has 0 bridgehead atoms. The molecule has 6 heterocycles. The van der Waals surface area contributed by atoms with Gasteiger partial charge >= 0.3 is 12.2 Å².